The van der Waals surface area contributed by atoms with Gasteiger partial charge in [-0.05, 0) is 29.3 Å². The number of halogens is 3. The van der Waals surface area contributed by atoms with Gasteiger partial charge in [0, 0.05) is 6.54 Å². The average Bonchev–Trinajstić information content (AvgIpc) is 2.64. The van der Waals surface area contributed by atoms with E-state index in [4.69, 9.17) is 16.3 Å². The fourth-order valence-electron chi connectivity index (χ4n) is 2.36. The highest BCUT2D eigenvalue weighted by Crippen LogP contribution is 2.33. The molecule has 0 fully saturated rings. The Labute approximate surface area is 141 Å². The Morgan fingerprint density at radius 2 is 2.08 bits per heavy atom. The third kappa shape index (κ3) is 3.23. The van der Waals surface area contributed by atoms with E-state index in [9.17, 15) is 13.6 Å². The van der Waals surface area contributed by atoms with Crippen molar-refractivity contribution in [3.8, 4) is 5.75 Å². The fraction of sp³-hybridized carbons (Fsp3) is 0.267. The highest BCUT2D eigenvalue weighted by atomic mass is 35.5. The zero-order valence-corrected chi connectivity index (χ0v) is 13.3. The lowest BCUT2D eigenvalue weighted by Gasteiger charge is -2.25. The van der Waals surface area contributed by atoms with E-state index in [1.54, 1.807) is 24.3 Å². The molecule has 2 heterocycles. The van der Waals surface area contributed by atoms with Gasteiger partial charge in [-0.2, -0.15) is 13.8 Å². The fourth-order valence-corrected chi connectivity index (χ4v) is 2.49. The van der Waals surface area contributed by atoms with Gasteiger partial charge in [-0.1, -0.05) is 12.1 Å². The molecule has 1 aliphatic heterocycles. The second kappa shape index (κ2) is 6.20. The second-order valence-corrected chi connectivity index (χ2v) is 5.58. The smallest absolute Gasteiger partial charge is 0.341 e. The molecule has 24 heavy (non-hydrogen) atoms. The van der Waals surface area contributed by atoms with Crippen LogP contribution in [0, 0.1) is 0 Å². The molecule has 1 aliphatic rings. The Balaban J connectivity index is 1.97. The van der Waals surface area contributed by atoms with E-state index in [-0.39, 0.29) is 23.3 Å². The van der Waals surface area contributed by atoms with Gasteiger partial charge >= 0.3 is 5.92 Å². The lowest BCUT2D eigenvalue weighted by molar-refractivity contribution is -0.138. The van der Waals surface area contributed by atoms with E-state index in [0.717, 1.165) is 5.56 Å². The number of aromatic nitrogens is 2. The minimum atomic E-state index is -3.57. The molecule has 9 heteroatoms. The minimum absolute atomic E-state index is 0.0899. The monoisotopic (exact) mass is 354 g/mol. The first kappa shape index (κ1) is 16.4. The van der Waals surface area contributed by atoms with Crippen LogP contribution in [0.1, 0.15) is 5.56 Å². The molecule has 126 valence electrons. The summed E-state index contributed by atoms with van der Waals surface area (Å²) in [5, 5.41) is 2.05. The highest BCUT2D eigenvalue weighted by Gasteiger charge is 2.44. The Morgan fingerprint density at radius 1 is 1.38 bits per heavy atom. The van der Waals surface area contributed by atoms with Crippen LogP contribution in [0.5, 0.6) is 5.75 Å². The molecule has 1 N–H and O–H groups in total. The molecule has 0 spiro atoms. The Kier molecular flexibility index (Phi) is 4.23. The van der Waals surface area contributed by atoms with Gasteiger partial charge in [0.05, 0.1) is 19.9 Å². The van der Waals surface area contributed by atoms with E-state index in [2.05, 4.69) is 15.3 Å². The Bertz CT molecular complexity index is 771. The molecule has 0 unspecified atom stereocenters. The van der Waals surface area contributed by atoms with Crippen molar-refractivity contribution in [2.75, 3.05) is 23.9 Å². The summed E-state index contributed by atoms with van der Waals surface area (Å²) in [6.45, 7) is -0.694. The van der Waals surface area contributed by atoms with E-state index >= 15 is 0 Å². The van der Waals surface area contributed by atoms with E-state index < -0.39 is 18.4 Å². The number of hydrogen-bond acceptors (Lipinski definition) is 5. The number of anilines is 2. The maximum absolute atomic E-state index is 14.0. The van der Waals surface area contributed by atoms with Crippen molar-refractivity contribution in [3.63, 3.8) is 0 Å². The van der Waals surface area contributed by atoms with Crippen LogP contribution in [0.25, 0.3) is 0 Å². The molecule has 2 aromatic rings. The first-order chi connectivity index (χ1) is 11.4. The van der Waals surface area contributed by atoms with E-state index in [1.165, 1.54) is 18.2 Å². The van der Waals surface area contributed by atoms with E-state index in [1.807, 2.05) is 0 Å². The second-order valence-electron chi connectivity index (χ2n) is 5.24. The Morgan fingerprint density at radius 3 is 2.75 bits per heavy atom. The molecule has 1 aromatic heterocycles. The molecule has 3 rings (SSSR count). The van der Waals surface area contributed by atoms with Gasteiger partial charge in [0.15, 0.2) is 5.82 Å². The lowest BCUT2D eigenvalue weighted by atomic mass is 10.2. The summed E-state index contributed by atoms with van der Waals surface area (Å²) in [5.74, 6) is -4.16. The van der Waals surface area contributed by atoms with Crippen molar-refractivity contribution in [3.05, 3.63) is 41.3 Å². The highest BCUT2D eigenvalue weighted by molar-refractivity contribution is 6.28. The van der Waals surface area contributed by atoms with Gasteiger partial charge in [0.1, 0.15) is 11.4 Å². The molecule has 0 saturated heterocycles. The summed E-state index contributed by atoms with van der Waals surface area (Å²) in [6, 6.07) is 6.95. The number of nitrogens with zero attached hydrogens (tertiary/aromatic N) is 3. The predicted octanol–water partition coefficient (Wildman–Crippen LogP) is 2.73. The maximum atomic E-state index is 14.0. The maximum Gasteiger partial charge on any atom is 0.341 e. The quantitative estimate of drug-likeness (QED) is 0.858. The molecule has 0 atom stereocenters. The standard InChI is InChI=1S/C15H13ClF2N4O2/c1-24-10-4-2-9(3-5-10)7-22-8-15(17,18)13(23)20-11-6-19-14(16)21-12(11)22/h2-6H,7-8H2,1H3,(H,20,23). The number of benzene rings is 1. The van der Waals surface area contributed by atoms with Crippen molar-refractivity contribution >= 4 is 29.0 Å². The van der Waals surface area contributed by atoms with Crippen molar-refractivity contribution in [2.24, 2.45) is 0 Å². The molecule has 6 nitrogen and oxygen atoms in total. The average molecular weight is 355 g/mol. The van der Waals surface area contributed by atoms with Gasteiger partial charge in [-0.3, -0.25) is 4.79 Å². The van der Waals surface area contributed by atoms with E-state index in [0.29, 0.717) is 5.75 Å². The number of methoxy groups -OCH3 is 1. The SMILES string of the molecule is COc1ccc(CN2CC(F)(F)C(=O)Nc3cnc(Cl)nc32)cc1. The van der Waals surface area contributed by atoms with Crippen LogP contribution in [0.15, 0.2) is 30.5 Å². The largest absolute Gasteiger partial charge is 0.497 e. The molecular formula is C15H13ClF2N4O2. The number of carbonyl (C=O) groups excluding carboxylic acids is 1. The zero-order valence-electron chi connectivity index (χ0n) is 12.6. The van der Waals surface area contributed by atoms with Crippen molar-refractivity contribution in [2.45, 2.75) is 12.5 Å². The molecule has 0 bridgehead atoms. The van der Waals surface area contributed by atoms with Crippen molar-refractivity contribution in [1.29, 1.82) is 0 Å². The Hall–Kier alpha value is -2.48. The number of carbonyl (C=O) groups is 1. The predicted molar refractivity (Wildman–Crippen MR) is 84.7 cm³/mol. The number of ether oxygens (including phenoxy) is 1. The summed E-state index contributed by atoms with van der Waals surface area (Å²) in [4.78, 5) is 20.7. The van der Waals surface area contributed by atoms with Gasteiger partial charge in [0.25, 0.3) is 5.91 Å². The molecule has 0 saturated carbocycles. The summed E-state index contributed by atoms with van der Waals surface area (Å²) in [6.07, 6.45) is 1.21. The van der Waals surface area contributed by atoms with Crippen LogP contribution in [0.3, 0.4) is 0 Å². The number of amides is 1. The van der Waals surface area contributed by atoms with Crippen LogP contribution < -0.4 is 15.0 Å². The van der Waals surface area contributed by atoms with Crippen LogP contribution in [0.2, 0.25) is 5.28 Å². The van der Waals surface area contributed by atoms with Crippen molar-refractivity contribution in [1.82, 2.24) is 9.97 Å². The summed E-state index contributed by atoms with van der Waals surface area (Å²) in [7, 11) is 1.54. The number of alkyl halides is 2. The van der Waals surface area contributed by atoms with Crippen LogP contribution in [-0.4, -0.2) is 35.5 Å². The summed E-state index contributed by atoms with van der Waals surface area (Å²) < 4.78 is 33.2. The number of hydrogen-bond donors (Lipinski definition) is 1. The molecule has 0 aliphatic carbocycles. The topological polar surface area (TPSA) is 67.3 Å². The van der Waals surface area contributed by atoms with Gasteiger partial charge < -0.3 is 15.0 Å². The minimum Gasteiger partial charge on any atom is -0.497 e. The first-order valence-electron chi connectivity index (χ1n) is 6.99. The van der Waals surface area contributed by atoms with Crippen molar-refractivity contribution < 1.29 is 18.3 Å². The molecule has 1 aromatic carbocycles. The zero-order chi connectivity index (χ0) is 17.3. The normalized spacial score (nSPS) is 16.2. The van der Waals surface area contributed by atoms with Gasteiger partial charge in [0.2, 0.25) is 5.28 Å². The molecular weight excluding hydrogens is 342 g/mol. The third-order valence-corrected chi connectivity index (χ3v) is 3.72. The number of rotatable bonds is 3. The number of fused-ring (bicyclic) bond motifs is 1. The van der Waals surface area contributed by atoms with Crippen LogP contribution in [-0.2, 0) is 11.3 Å². The number of nitrogens with one attached hydrogen (secondary N) is 1. The van der Waals surface area contributed by atoms with Crippen LogP contribution >= 0.6 is 11.6 Å². The first-order valence-corrected chi connectivity index (χ1v) is 7.36. The summed E-state index contributed by atoms with van der Waals surface area (Å²) >= 11 is 5.78. The lowest BCUT2D eigenvalue weighted by Crippen LogP contribution is -2.42. The van der Waals surface area contributed by atoms with Gasteiger partial charge in [-0.25, -0.2) is 4.98 Å². The molecule has 0 radical (unpaired) electrons. The van der Waals surface area contributed by atoms with Gasteiger partial charge in [-0.15, -0.1) is 0 Å². The third-order valence-electron chi connectivity index (χ3n) is 3.54. The van der Waals surface area contributed by atoms with Crippen LogP contribution in [0.4, 0.5) is 20.3 Å². The molecule has 1 amide bonds. The summed E-state index contributed by atoms with van der Waals surface area (Å²) in [5.41, 5.74) is 0.844.